The number of likely N-dealkylation sites (tertiary alicyclic amines) is 1. The van der Waals surface area contributed by atoms with Gasteiger partial charge in [0.25, 0.3) is 5.91 Å². The van der Waals surface area contributed by atoms with Gasteiger partial charge in [-0.1, -0.05) is 42.5 Å². The van der Waals surface area contributed by atoms with E-state index in [4.69, 9.17) is 0 Å². The largest absolute Gasteiger partial charge is 0.339 e. The monoisotopic (exact) mass is 368 g/mol. The number of nitrogens with one attached hydrogen (secondary N) is 1. The SMILES string of the molecule is O=C(CCSCc1ccccc1)Nc1ccccc1C(=O)N1CCCC1. The van der Waals surface area contributed by atoms with Crippen molar-refractivity contribution < 1.29 is 9.59 Å². The number of anilines is 1. The lowest BCUT2D eigenvalue weighted by atomic mass is 10.1. The van der Waals surface area contributed by atoms with Gasteiger partial charge in [-0.3, -0.25) is 9.59 Å². The lowest BCUT2D eigenvalue weighted by Crippen LogP contribution is -2.28. The molecular weight excluding hydrogens is 344 g/mol. The van der Waals surface area contributed by atoms with Crippen molar-refractivity contribution in [3.63, 3.8) is 0 Å². The normalized spacial score (nSPS) is 13.6. The molecule has 0 bridgehead atoms. The molecule has 0 unspecified atom stereocenters. The molecular formula is C21H24N2O2S. The highest BCUT2D eigenvalue weighted by atomic mass is 32.2. The van der Waals surface area contributed by atoms with Crippen molar-refractivity contribution in [2.24, 2.45) is 0 Å². The van der Waals surface area contributed by atoms with Crippen LogP contribution in [0.1, 0.15) is 35.2 Å². The Balaban J connectivity index is 1.50. The maximum absolute atomic E-state index is 12.6. The van der Waals surface area contributed by atoms with Gasteiger partial charge in [0.2, 0.25) is 5.91 Å². The van der Waals surface area contributed by atoms with Crippen LogP contribution in [0.4, 0.5) is 5.69 Å². The molecule has 2 aromatic carbocycles. The third kappa shape index (κ3) is 5.11. The standard InChI is InChI=1S/C21H24N2O2S/c24-20(12-15-26-16-17-8-2-1-3-9-17)22-19-11-5-4-10-18(19)21(25)23-13-6-7-14-23/h1-5,8-11H,6-7,12-16H2,(H,22,24). The number of amides is 2. The summed E-state index contributed by atoms with van der Waals surface area (Å²) >= 11 is 1.74. The fourth-order valence-electron chi connectivity index (χ4n) is 3.01. The van der Waals surface area contributed by atoms with Crippen LogP contribution >= 0.6 is 11.8 Å². The molecule has 1 N–H and O–H groups in total. The lowest BCUT2D eigenvalue weighted by Gasteiger charge is -2.18. The smallest absolute Gasteiger partial charge is 0.255 e. The molecule has 0 aromatic heterocycles. The Hall–Kier alpha value is -2.27. The molecule has 26 heavy (non-hydrogen) atoms. The zero-order valence-corrected chi connectivity index (χ0v) is 15.6. The van der Waals surface area contributed by atoms with Gasteiger partial charge in [0.1, 0.15) is 0 Å². The van der Waals surface area contributed by atoms with Crippen molar-refractivity contribution in [2.45, 2.75) is 25.0 Å². The van der Waals surface area contributed by atoms with Crippen LogP contribution in [0, 0.1) is 0 Å². The van der Waals surface area contributed by atoms with E-state index in [9.17, 15) is 9.59 Å². The van der Waals surface area contributed by atoms with Gasteiger partial charge in [-0.25, -0.2) is 0 Å². The summed E-state index contributed by atoms with van der Waals surface area (Å²) in [5.74, 6) is 1.62. The molecule has 4 nitrogen and oxygen atoms in total. The van der Waals surface area contributed by atoms with E-state index in [-0.39, 0.29) is 11.8 Å². The van der Waals surface area contributed by atoms with Crippen molar-refractivity contribution in [1.82, 2.24) is 4.90 Å². The number of thioether (sulfide) groups is 1. The number of para-hydroxylation sites is 1. The summed E-state index contributed by atoms with van der Waals surface area (Å²) in [4.78, 5) is 26.8. The van der Waals surface area contributed by atoms with E-state index < -0.39 is 0 Å². The summed E-state index contributed by atoms with van der Waals surface area (Å²) in [5.41, 5.74) is 2.46. The number of hydrogen-bond acceptors (Lipinski definition) is 3. The minimum atomic E-state index is -0.0489. The number of benzene rings is 2. The summed E-state index contributed by atoms with van der Waals surface area (Å²) in [6, 6.07) is 17.5. The van der Waals surface area contributed by atoms with E-state index in [1.165, 1.54) is 5.56 Å². The van der Waals surface area contributed by atoms with E-state index >= 15 is 0 Å². The van der Waals surface area contributed by atoms with Gasteiger partial charge in [-0.2, -0.15) is 11.8 Å². The van der Waals surface area contributed by atoms with Crippen molar-refractivity contribution in [1.29, 1.82) is 0 Å². The van der Waals surface area contributed by atoms with E-state index in [0.29, 0.717) is 17.7 Å². The van der Waals surface area contributed by atoms with Crippen molar-refractivity contribution in [3.05, 3.63) is 65.7 Å². The first kappa shape index (κ1) is 18.5. The molecule has 136 valence electrons. The minimum Gasteiger partial charge on any atom is -0.339 e. The summed E-state index contributed by atoms with van der Waals surface area (Å²) < 4.78 is 0. The maximum atomic E-state index is 12.6. The molecule has 0 saturated carbocycles. The number of rotatable bonds is 7. The zero-order chi connectivity index (χ0) is 18.2. The Morgan fingerprint density at radius 3 is 2.42 bits per heavy atom. The Kier molecular flexibility index (Phi) is 6.72. The minimum absolute atomic E-state index is 0.0110. The van der Waals surface area contributed by atoms with Gasteiger partial charge in [0.15, 0.2) is 0 Å². The topological polar surface area (TPSA) is 49.4 Å². The van der Waals surface area contributed by atoms with Crippen LogP contribution in [0.5, 0.6) is 0 Å². The quantitative estimate of drug-likeness (QED) is 0.746. The van der Waals surface area contributed by atoms with Crippen molar-refractivity contribution in [2.75, 3.05) is 24.2 Å². The summed E-state index contributed by atoms with van der Waals surface area (Å²) in [6.07, 6.45) is 2.54. The predicted molar refractivity (Wildman–Crippen MR) is 107 cm³/mol. The molecule has 1 saturated heterocycles. The second-order valence-electron chi connectivity index (χ2n) is 6.38. The van der Waals surface area contributed by atoms with Crippen molar-refractivity contribution >= 4 is 29.3 Å². The highest BCUT2D eigenvalue weighted by Gasteiger charge is 2.22. The van der Waals surface area contributed by atoms with Crippen LogP contribution in [0.3, 0.4) is 0 Å². The second kappa shape index (κ2) is 9.43. The van der Waals surface area contributed by atoms with Gasteiger partial charge in [-0.15, -0.1) is 0 Å². The van der Waals surface area contributed by atoms with Crippen LogP contribution in [0.25, 0.3) is 0 Å². The number of carbonyl (C=O) groups is 2. The molecule has 0 aliphatic carbocycles. The Morgan fingerprint density at radius 1 is 0.962 bits per heavy atom. The van der Waals surface area contributed by atoms with Gasteiger partial charge < -0.3 is 10.2 Å². The molecule has 1 heterocycles. The molecule has 1 aliphatic heterocycles. The van der Waals surface area contributed by atoms with E-state index in [2.05, 4.69) is 17.4 Å². The molecule has 0 spiro atoms. The first-order chi connectivity index (χ1) is 12.7. The Labute approximate surface area is 159 Å². The summed E-state index contributed by atoms with van der Waals surface area (Å²) in [6.45, 7) is 1.61. The van der Waals surface area contributed by atoms with Gasteiger partial charge in [0, 0.05) is 31.0 Å². The van der Waals surface area contributed by atoms with E-state index in [1.807, 2.05) is 35.2 Å². The Morgan fingerprint density at radius 2 is 1.65 bits per heavy atom. The Bertz CT molecular complexity index is 743. The zero-order valence-electron chi connectivity index (χ0n) is 14.8. The first-order valence-corrected chi connectivity index (χ1v) is 10.2. The number of hydrogen-bond donors (Lipinski definition) is 1. The third-order valence-electron chi connectivity index (χ3n) is 4.41. The molecule has 5 heteroatoms. The predicted octanol–water partition coefficient (Wildman–Crippen LogP) is 4.18. The number of nitrogens with zero attached hydrogens (tertiary/aromatic N) is 1. The van der Waals surface area contributed by atoms with Crippen LogP contribution in [0.2, 0.25) is 0 Å². The molecule has 0 atom stereocenters. The number of carbonyl (C=O) groups excluding carboxylic acids is 2. The lowest BCUT2D eigenvalue weighted by molar-refractivity contribution is -0.115. The molecule has 2 amide bonds. The van der Waals surface area contributed by atoms with Gasteiger partial charge in [0.05, 0.1) is 11.3 Å². The van der Waals surface area contributed by atoms with Crippen LogP contribution in [-0.4, -0.2) is 35.6 Å². The highest BCUT2D eigenvalue weighted by Crippen LogP contribution is 2.21. The molecule has 1 aliphatic rings. The van der Waals surface area contributed by atoms with E-state index in [1.54, 1.807) is 23.9 Å². The summed E-state index contributed by atoms with van der Waals surface area (Å²) in [5, 5.41) is 2.91. The van der Waals surface area contributed by atoms with Crippen LogP contribution in [-0.2, 0) is 10.5 Å². The maximum Gasteiger partial charge on any atom is 0.255 e. The fraction of sp³-hybridized carbons (Fsp3) is 0.333. The highest BCUT2D eigenvalue weighted by molar-refractivity contribution is 7.98. The van der Waals surface area contributed by atoms with E-state index in [0.717, 1.165) is 37.4 Å². The summed E-state index contributed by atoms with van der Waals surface area (Å²) in [7, 11) is 0. The molecule has 3 rings (SSSR count). The van der Waals surface area contributed by atoms with Crippen LogP contribution < -0.4 is 5.32 Å². The third-order valence-corrected chi connectivity index (χ3v) is 5.44. The fourth-order valence-corrected chi connectivity index (χ4v) is 3.91. The second-order valence-corrected chi connectivity index (χ2v) is 7.49. The molecule has 0 radical (unpaired) electrons. The molecule has 1 fully saturated rings. The van der Waals surface area contributed by atoms with Crippen molar-refractivity contribution in [3.8, 4) is 0 Å². The average molecular weight is 369 g/mol. The molecule has 2 aromatic rings. The average Bonchev–Trinajstić information content (AvgIpc) is 3.21. The first-order valence-electron chi connectivity index (χ1n) is 9.04. The van der Waals surface area contributed by atoms with Crippen LogP contribution in [0.15, 0.2) is 54.6 Å². The van der Waals surface area contributed by atoms with Gasteiger partial charge >= 0.3 is 0 Å². The van der Waals surface area contributed by atoms with Gasteiger partial charge in [-0.05, 0) is 30.5 Å².